The van der Waals surface area contributed by atoms with Crippen LogP contribution in [0.2, 0.25) is 0 Å². The number of benzene rings is 2. The average molecular weight is 322 g/mol. The van der Waals surface area contributed by atoms with Gasteiger partial charge < -0.3 is 9.47 Å². The molecular formula is C19H18N2O3. The van der Waals surface area contributed by atoms with Crippen molar-refractivity contribution in [1.82, 2.24) is 9.78 Å². The minimum Gasteiger partial charge on any atom is -0.473 e. The molecule has 0 spiro atoms. The van der Waals surface area contributed by atoms with E-state index in [1.165, 1.54) is 7.11 Å². The third-order valence-corrected chi connectivity index (χ3v) is 3.54. The van der Waals surface area contributed by atoms with Gasteiger partial charge in [-0.25, -0.2) is 9.48 Å². The van der Waals surface area contributed by atoms with Crippen molar-refractivity contribution in [3.8, 4) is 5.88 Å². The summed E-state index contributed by atoms with van der Waals surface area (Å²) in [5.74, 6) is 0.0504. The van der Waals surface area contributed by atoms with Crippen LogP contribution in [0, 0.1) is 0 Å². The summed E-state index contributed by atoms with van der Waals surface area (Å²) in [5.41, 5.74) is 2.35. The van der Waals surface area contributed by atoms with Crippen LogP contribution >= 0.6 is 0 Å². The lowest BCUT2D eigenvalue weighted by Gasteiger charge is -2.09. The monoisotopic (exact) mass is 322 g/mol. The van der Waals surface area contributed by atoms with E-state index in [1.807, 2.05) is 60.7 Å². The Morgan fingerprint density at radius 2 is 1.62 bits per heavy atom. The zero-order valence-corrected chi connectivity index (χ0v) is 13.4. The fourth-order valence-corrected chi connectivity index (χ4v) is 2.32. The highest BCUT2D eigenvalue weighted by Gasteiger charge is 2.16. The molecular weight excluding hydrogens is 304 g/mol. The summed E-state index contributed by atoms with van der Waals surface area (Å²) in [6.07, 6.45) is 0. The summed E-state index contributed by atoms with van der Waals surface area (Å²) in [4.78, 5) is 11.8. The number of carbonyl (C=O) groups excluding carboxylic acids is 1. The number of aromatic nitrogens is 2. The van der Waals surface area contributed by atoms with E-state index in [2.05, 4.69) is 5.10 Å². The Morgan fingerprint density at radius 3 is 2.25 bits per heavy atom. The molecule has 0 bridgehead atoms. The fourth-order valence-electron chi connectivity index (χ4n) is 2.32. The summed E-state index contributed by atoms with van der Waals surface area (Å²) in [5, 5.41) is 4.31. The zero-order valence-electron chi connectivity index (χ0n) is 13.4. The summed E-state index contributed by atoms with van der Waals surface area (Å²) in [6, 6.07) is 21.3. The first kappa shape index (κ1) is 15.8. The number of esters is 1. The zero-order chi connectivity index (χ0) is 16.8. The van der Waals surface area contributed by atoms with Crippen molar-refractivity contribution in [2.24, 2.45) is 0 Å². The van der Waals surface area contributed by atoms with E-state index in [9.17, 15) is 4.79 Å². The number of hydrogen-bond acceptors (Lipinski definition) is 4. The Hall–Kier alpha value is -3.08. The lowest BCUT2D eigenvalue weighted by molar-refractivity contribution is 0.0593. The smallest absolute Gasteiger partial charge is 0.358 e. The van der Waals surface area contributed by atoms with Gasteiger partial charge in [0.15, 0.2) is 5.69 Å². The minimum absolute atomic E-state index is 0.233. The van der Waals surface area contributed by atoms with E-state index in [0.717, 1.165) is 11.1 Å². The molecule has 0 N–H and O–H groups in total. The maximum Gasteiger partial charge on any atom is 0.358 e. The van der Waals surface area contributed by atoms with Crippen molar-refractivity contribution in [2.45, 2.75) is 13.2 Å². The second kappa shape index (κ2) is 7.46. The van der Waals surface area contributed by atoms with Gasteiger partial charge in [0, 0.05) is 6.07 Å². The third kappa shape index (κ3) is 3.81. The van der Waals surface area contributed by atoms with Gasteiger partial charge in [-0.15, -0.1) is 0 Å². The van der Waals surface area contributed by atoms with Crippen molar-refractivity contribution in [2.75, 3.05) is 7.11 Å². The van der Waals surface area contributed by atoms with E-state index in [1.54, 1.807) is 10.7 Å². The Kier molecular flexibility index (Phi) is 4.91. The predicted molar refractivity (Wildman–Crippen MR) is 89.9 cm³/mol. The second-order valence-electron chi connectivity index (χ2n) is 5.28. The van der Waals surface area contributed by atoms with E-state index >= 15 is 0 Å². The highest BCUT2D eigenvalue weighted by molar-refractivity contribution is 5.87. The highest BCUT2D eigenvalue weighted by Crippen LogP contribution is 2.18. The molecule has 0 fully saturated rings. The number of carbonyl (C=O) groups is 1. The number of rotatable bonds is 6. The van der Waals surface area contributed by atoms with Gasteiger partial charge in [-0.3, -0.25) is 0 Å². The van der Waals surface area contributed by atoms with Crippen molar-refractivity contribution < 1.29 is 14.3 Å². The Labute approximate surface area is 140 Å². The lowest BCUT2D eigenvalue weighted by Crippen LogP contribution is -2.08. The molecule has 24 heavy (non-hydrogen) atoms. The number of nitrogens with zero attached hydrogens (tertiary/aromatic N) is 2. The molecule has 5 nitrogen and oxygen atoms in total. The maximum absolute atomic E-state index is 11.8. The molecule has 5 heteroatoms. The van der Waals surface area contributed by atoms with E-state index in [4.69, 9.17) is 9.47 Å². The second-order valence-corrected chi connectivity index (χ2v) is 5.28. The molecule has 0 amide bonds. The molecule has 0 saturated heterocycles. The summed E-state index contributed by atoms with van der Waals surface area (Å²) < 4.78 is 12.3. The molecule has 1 aromatic heterocycles. The third-order valence-electron chi connectivity index (χ3n) is 3.54. The van der Waals surface area contributed by atoms with Crippen LogP contribution in [0.25, 0.3) is 0 Å². The summed E-state index contributed by atoms with van der Waals surface area (Å²) >= 11 is 0. The van der Waals surface area contributed by atoms with Crippen LogP contribution in [0.3, 0.4) is 0 Å². The van der Waals surface area contributed by atoms with Gasteiger partial charge in [0.05, 0.1) is 13.7 Å². The van der Waals surface area contributed by atoms with Crippen LogP contribution in [-0.4, -0.2) is 22.9 Å². The van der Waals surface area contributed by atoms with Crippen molar-refractivity contribution in [3.05, 3.63) is 83.6 Å². The molecule has 0 unspecified atom stereocenters. The first-order chi connectivity index (χ1) is 11.8. The van der Waals surface area contributed by atoms with Crippen LogP contribution in [0.5, 0.6) is 5.88 Å². The number of methoxy groups -OCH3 is 1. The quantitative estimate of drug-likeness (QED) is 0.654. The first-order valence-electron chi connectivity index (χ1n) is 7.63. The van der Waals surface area contributed by atoms with Crippen LogP contribution in [0.1, 0.15) is 21.6 Å². The molecule has 3 aromatic rings. The molecule has 0 radical (unpaired) electrons. The lowest BCUT2D eigenvalue weighted by atomic mass is 10.2. The van der Waals surface area contributed by atoms with Crippen LogP contribution in [0.4, 0.5) is 0 Å². The van der Waals surface area contributed by atoms with Gasteiger partial charge in [0.25, 0.3) is 0 Å². The van der Waals surface area contributed by atoms with Gasteiger partial charge in [-0.2, -0.15) is 5.10 Å². The van der Waals surface area contributed by atoms with Gasteiger partial charge in [0.2, 0.25) is 5.88 Å². The predicted octanol–water partition coefficient (Wildman–Crippen LogP) is 3.30. The minimum atomic E-state index is -0.480. The van der Waals surface area contributed by atoms with E-state index in [-0.39, 0.29) is 5.69 Å². The first-order valence-corrected chi connectivity index (χ1v) is 7.63. The molecule has 0 aliphatic rings. The van der Waals surface area contributed by atoms with Crippen LogP contribution < -0.4 is 4.74 Å². The van der Waals surface area contributed by atoms with Crippen molar-refractivity contribution in [3.63, 3.8) is 0 Å². The number of hydrogen-bond donors (Lipinski definition) is 0. The Bertz CT molecular complexity index is 798. The normalized spacial score (nSPS) is 10.4. The largest absolute Gasteiger partial charge is 0.473 e. The molecule has 122 valence electrons. The van der Waals surface area contributed by atoms with Gasteiger partial charge in [0.1, 0.15) is 6.61 Å². The van der Waals surface area contributed by atoms with Crippen LogP contribution in [0.15, 0.2) is 66.7 Å². The molecule has 0 aliphatic heterocycles. The average Bonchev–Trinajstić information content (AvgIpc) is 3.04. The molecule has 0 saturated carbocycles. The summed E-state index contributed by atoms with van der Waals surface area (Å²) in [7, 11) is 1.34. The van der Waals surface area contributed by atoms with Gasteiger partial charge >= 0.3 is 5.97 Å². The Morgan fingerprint density at radius 1 is 1.00 bits per heavy atom. The maximum atomic E-state index is 11.8. The van der Waals surface area contributed by atoms with E-state index in [0.29, 0.717) is 19.0 Å². The SMILES string of the molecule is COC(=O)c1cc(OCc2ccccc2)n(Cc2ccccc2)n1. The van der Waals surface area contributed by atoms with Crippen molar-refractivity contribution >= 4 is 5.97 Å². The molecule has 2 aromatic carbocycles. The fraction of sp³-hybridized carbons (Fsp3) is 0.158. The topological polar surface area (TPSA) is 53.4 Å². The van der Waals surface area contributed by atoms with Crippen LogP contribution in [-0.2, 0) is 17.9 Å². The molecule has 0 atom stereocenters. The number of ether oxygens (including phenoxy) is 2. The van der Waals surface area contributed by atoms with E-state index < -0.39 is 5.97 Å². The van der Waals surface area contributed by atoms with Gasteiger partial charge in [-0.1, -0.05) is 60.7 Å². The Balaban J connectivity index is 1.82. The van der Waals surface area contributed by atoms with Crippen molar-refractivity contribution in [1.29, 1.82) is 0 Å². The highest BCUT2D eigenvalue weighted by atomic mass is 16.5. The van der Waals surface area contributed by atoms with Gasteiger partial charge in [-0.05, 0) is 11.1 Å². The molecule has 3 rings (SSSR count). The molecule has 0 aliphatic carbocycles. The molecule has 1 heterocycles. The standard InChI is InChI=1S/C19H18N2O3/c1-23-19(22)17-12-18(24-14-16-10-6-3-7-11-16)21(20-17)13-15-8-4-2-5-9-15/h2-12H,13-14H2,1H3. The summed E-state index contributed by atoms with van der Waals surface area (Å²) in [6.45, 7) is 0.921.